The van der Waals surface area contributed by atoms with Gasteiger partial charge in [-0.05, 0) is 47.4 Å². The number of aryl methyl sites for hydroxylation is 2. The van der Waals surface area contributed by atoms with Crippen LogP contribution in [0, 0.1) is 13.8 Å². The zero-order valence-corrected chi connectivity index (χ0v) is 13.6. The van der Waals surface area contributed by atoms with Crippen LogP contribution in [0.1, 0.15) is 22.3 Å². The SMILES string of the molecule is Cc1ccc(CC(=O)NCc2ccc3ccccc3c2)c(C)c1. The smallest absolute Gasteiger partial charge is 0.224 e. The van der Waals surface area contributed by atoms with Crippen LogP contribution < -0.4 is 5.32 Å². The van der Waals surface area contributed by atoms with Crippen molar-refractivity contribution in [2.75, 3.05) is 0 Å². The number of rotatable bonds is 4. The summed E-state index contributed by atoms with van der Waals surface area (Å²) in [6, 6.07) is 20.8. The van der Waals surface area contributed by atoms with Crippen molar-refractivity contribution in [1.82, 2.24) is 5.32 Å². The molecule has 0 aliphatic rings. The first kappa shape index (κ1) is 15.3. The van der Waals surface area contributed by atoms with E-state index in [0.29, 0.717) is 13.0 Å². The van der Waals surface area contributed by atoms with E-state index in [1.165, 1.54) is 21.9 Å². The van der Waals surface area contributed by atoms with E-state index in [-0.39, 0.29) is 5.91 Å². The van der Waals surface area contributed by atoms with Crippen molar-refractivity contribution in [3.8, 4) is 0 Å². The van der Waals surface area contributed by atoms with Crippen LogP contribution in [0.4, 0.5) is 0 Å². The zero-order valence-electron chi connectivity index (χ0n) is 13.6. The van der Waals surface area contributed by atoms with Crippen LogP contribution in [0.25, 0.3) is 10.8 Å². The fourth-order valence-electron chi connectivity index (χ4n) is 2.83. The van der Waals surface area contributed by atoms with Gasteiger partial charge in [0.1, 0.15) is 0 Å². The second-order valence-corrected chi connectivity index (χ2v) is 6.06. The normalized spacial score (nSPS) is 10.7. The lowest BCUT2D eigenvalue weighted by Gasteiger charge is -2.09. The van der Waals surface area contributed by atoms with Gasteiger partial charge >= 0.3 is 0 Å². The van der Waals surface area contributed by atoms with Crippen LogP contribution >= 0.6 is 0 Å². The highest BCUT2D eigenvalue weighted by Crippen LogP contribution is 2.16. The van der Waals surface area contributed by atoms with Crippen molar-refractivity contribution < 1.29 is 4.79 Å². The lowest BCUT2D eigenvalue weighted by atomic mass is 10.0. The predicted molar refractivity (Wildman–Crippen MR) is 95.4 cm³/mol. The maximum Gasteiger partial charge on any atom is 0.224 e. The van der Waals surface area contributed by atoms with Gasteiger partial charge in [-0.15, -0.1) is 0 Å². The van der Waals surface area contributed by atoms with E-state index >= 15 is 0 Å². The van der Waals surface area contributed by atoms with E-state index in [1.807, 2.05) is 18.2 Å². The maximum atomic E-state index is 12.2. The largest absolute Gasteiger partial charge is 0.352 e. The Balaban J connectivity index is 1.63. The second-order valence-electron chi connectivity index (χ2n) is 6.06. The van der Waals surface area contributed by atoms with Gasteiger partial charge in [-0.2, -0.15) is 0 Å². The molecule has 0 unspecified atom stereocenters. The first-order chi connectivity index (χ1) is 11.1. The fourth-order valence-corrected chi connectivity index (χ4v) is 2.83. The molecule has 0 radical (unpaired) electrons. The average Bonchev–Trinajstić information content (AvgIpc) is 2.55. The highest BCUT2D eigenvalue weighted by atomic mass is 16.1. The van der Waals surface area contributed by atoms with E-state index in [9.17, 15) is 4.79 Å². The number of nitrogens with one attached hydrogen (secondary N) is 1. The Hall–Kier alpha value is -2.61. The number of amides is 1. The van der Waals surface area contributed by atoms with E-state index in [0.717, 1.165) is 11.1 Å². The van der Waals surface area contributed by atoms with Crippen LogP contribution in [0.15, 0.2) is 60.7 Å². The number of carbonyl (C=O) groups is 1. The standard InChI is InChI=1S/C21H21NO/c1-15-7-9-19(16(2)11-15)13-21(23)22-14-17-8-10-18-5-3-4-6-20(18)12-17/h3-12H,13-14H2,1-2H3,(H,22,23). The molecule has 0 bridgehead atoms. The minimum Gasteiger partial charge on any atom is -0.352 e. The molecule has 2 heteroatoms. The van der Waals surface area contributed by atoms with Gasteiger partial charge in [0.05, 0.1) is 6.42 Å². The molecule has 0 spiro atoms. The molecule has 3 rings (SSSR count). The molecule has 1 N–H and O–H groups in total. The van der Waals surface area contributed by atoms with Crippen molar-refractivity contribution in [1.29, 1.82) is 0 Å². The van der Waals surface area contributed by atoms with Gasteiger partial charge in [-0.1, -0.05) is 60.2 Å². The Bertz CT molecular complexity index is 851. The minimum absolute atomic E-state index is 0.0603. The first-order valence-corrected chi connectivity index (χ1v) is 7.92. The molecule has 0 fully saturated rings. The molecule has 2 nitrogen and oxygen atoms in total. The third-order valence-electron chi connectivity index (χ3n) is 4.15. The topological polar surface area (TPSA) is 29.1 Å². The molecule has 0 aliphatic carbocycles. The fraction of sp³-hybridized carbons (Fsp3) is 0.190. The first-order valence-electron chi connectivity index (χ1n) is 7.92. The third-order valence-corrected chi connectivity index (χ3v) is 4.15. The van der Waals surface area contributed by atoms with Gasteiger partial charge in [0.25, 0.3) is 0 Å². The van der Waals surface area contributed by atoms with E-state index in [2.05, 4.69) is 61.6 Å². The van der Waals surface area contributed by atoms with Gasteiger partial charge in [0.2, 0.25) is 5.91 Å². The Morgan fingerprint density at radius 3 is 2.48 bits per heavy atom. The Morgan fingerprint density at radius 1 is 0.913 bits per heavy atom. The van der Waals surface area contributed by atoms with Crippen molar-refractivity contribution in [3.63, 3.8) is 0 Å². The number of fused-ring (bicyclic) bond motifs is 1. The Labute approximate surface area is 137 Å². The molecule has 23 heavy (non-hydrogen) atoms. The highest BCUT2D eigenvalue weighted by Gasteiger charge is 2.06. The summed E-state index contributed by atoms with van der Waals surface area (Å²) in [6.07, 6.45) is 0.430. The number of benzene rings is 3. The summed E-state index contributed by atoms with van der Waals surface area (Å²) in [4.78, 5) is 12.2. The molecule has 0 aliphatic heterocycles. The Morgan fingerprint density at radius 2 is 1.70 bits per heavy atom. The summed E-state index contributed by atoms with van der Waals surface area (Å²) >= 11 is 0. The monoisotopic (exact) mass is 303 g/mol. The summed E-state index contributed by atoms with van der Waals surface area (Å²) in [6.45, 7) is 4.68. The predicted octanol–water partition coefficient (Wildman–Crippen LogP) is 4.32. The second kappa shape index (κ2) is 6.66. The molecule has 3 aromatic rings. The lowest BCUT2D eigenvalue weighted by Crippen LogP contribution is -2.24. The molecule has 0 saturated heterocycles. The molecule has 0 heterocycles. The molecule has 1 amide bonds. The highest BCUT2D eigenvalue weighted by molar-refractivity contribution is 5.83. The Kier molecular flexibility index (Phi) is 4.42. The van der Waals surface area contributed by atoms with Crippen LogP contribution in [-0.2, 0) is 17.8 Å². The van der Waals surface area contributed by atoms with Crippen LogP contribution in [0.3, 0.4) is 0 Å². The van der Waals surface area contributed by atoms with Gasteiger partial charge in [0, 0.05) is 6.54 Å². The number of hydrogen-bond acceptors (Lipinski definition) is 1. The summed E-state index contributed by atoms with van der Waals surface area (Å²) in [5, 5.41) is 5.44. The summed E-state index contributed by atoms with van der Waals surface area (Å²) in [5.41, 5.74) is 4.61. The number of hydrogen-bond donors (Lipinski definition) is 1. The number of carbonyl (C=O) groups excluding carboxylic acids is 1. The summed E-state index contributed by atoms with van der Waals surface area (Å²) in [7, 11) is 0. The van der Waals surface area contributed by atoms with Crippen LogP contribution in [-0.4, -0.2) is 5.91 Å². The summed E-state index contributed by atoms with van der Waals surface area (Å²) in [5.74, 6) is 0.0603. The van der Waals surface area contributed by atoms with Crippen LogP contribution in [0.2, 0.25) is 0 Å². The van der Waals surface area contributed by atoms with E-state index in [4.69, 9.17) is 0 Å². The molecular formula is C21H21NO. The molecule has 0 saturated carbocycles. The molecule has 0 atom stereocenters. The molecule has 0 aromatic heterocycles. The average molecular weight is 303 g/mol. The summed E-state index contributed by atoms with van der Waals surface area (Å²) < 4.78 is 0. The van der Waals surface area contributed by atoms with E-state index in [1.54, 1.807) is 0 Å². The molecule has 3 aromatic carbocycles. The van der Waals surface area contributed by atoms with Gasteiger partial charge in [0.15, 0.2) is 0 Å². The van der Waals surface area contributed by atoms with Gasteiger partial charge in [-0.25, -0.2) is 0 Å². The molecular weight excluding hydrogens is 282 g/mol. The maximum absolute atomic E-state index is 12.2. The molecule has 116 valence electrons. The van der Waals surface area contributed by atoms with E-state index < -0.39 is 0 Å². The van der Waals surface area contributed by atoms with Crippen LogP contribution in [0.5, 0.6) is 0 Å². The van der Waals surface area contributed by atoms with Crippen molar-refractivity contribution in [2.24, 2.45) is 0 Å². The third kappa shape index (κ3) is 3.78. The quantitative estimate of drug-likeness (QED) is 0.764. The zero-order chi connectivity index (χ0) is 16.2. The minimum atomic E-state index is 0.0603. The van der Waals surface area contributed by atoms with Crippen molar-refractivity contribution in [2.45, 2.75) is 26.8 Å². The van der Waals surface area contributed by atoms with Gasteiger partial charge < -0.3 is 5.32 Å². The van der Waals surface area contributed by atoms with Gasteiger partial charge in [-0.3, -0.25) is 4.79 Å². The van der Waals surface area contributed by atoms with Crippen molar-refractivity contribution in [3.05, 3.63) is 82.9 Å². The lowest BCUT2D eigenvalue weighted by molar-refractivity contribution is -0.120. The van der Waals surface area contributed by atoms with Crippen molar-refractivity contribution >= 4 is 16.7 Å².